The predicted molar refractivity (Wildman–Crippen MR) is 68.6 cm³/mol. The Morgan fingerprint density at radius 3 is 2.71 bits per heavy atom. The molecule has 6 heteroatoms. The lowest BCUT2D eigenvalue weighted by Gasteiger charge is -2.09. The van der Waals surface area contributed by atoms with Crippen molar-refractivity contribution in [2.75, 3.05) is 11.1 Å². The molecule has 0 unspecified atom stereocenters. The number of nitrogen functional groups attached to an aromatic ring is 1. The van der Waals surface area contributed by atoms with Crippen molar-refractivity contribution in [1.29, 1.82) is 0 Å². The lowest BCUT2D eigenvalue weighted by molar-refractivity contribution is 0.621. The summed E-state index contributed by atoms with van der Waals surface area (Å²) >= 11 is 3.13. The third kappa shape index (κ3) is 2.71. The molecule has 0 aliphatic carbocycles. The van der Waals surface area contributed by atoms with Crippen LogP contribution < -0.4 is 11.1 Å². The number of aryl methyl sites for hydroxylation is 1. The van der Waals surface area contributed by atoms with E-state index in [1.807, 2.05) is 6.92 Å². The lowest BCUT2D eigenvalue weighted by Crippen LogP contribution is -1.99. The average molecular weight is 297 g/mol. The number of halogens is 2. The summed E-state index contributed by atoms with van der Waals surface area (Å²) < 4.78 is 13.8. The minimum absolute atomic E-state index is 0.332. The Kier molecular flexibility index (Phi) is 3.23. The van der Waals surface area contributed by atoms with Gasteiger partial charge in [-0.25, -0.2) is 14.4 Å². The van der Waals surface area contributed by atoms with Gasteiger partial charge in [0.1, 0.15) is 17.5 Å². The predicted octanol–water partition coefficient (Wildman–Crippen LogP) is 3.01. The highest BCUT2D eigenvalue weighted by molar-refractivity contribution is 9.10. The Hall–Kier alpha value is -1.69. The Morgan fingerprint density at radius 2 is 2.06 bits per heavy atom. The zero-order chi connectivity index (χ0) is 12.4. The molecule has 17 heavy (non-hydrogen) atoms. The van der Waals surface area contributed by atoms with Gasteiger partial charge in [0, 0.05) is 5.69 Å². The first-order chi connectivity index (χ1) is 8.06. The number of hydrogen-bond donors (Lipinski definition) is 2. The monoisotopic (exact) mass is 296 g/mol. The van der Waals surface area contributed by atoms with Crippen LogP contribution in [0.3, 0.4) is 0 Å². The van der Waals surface area contributed by atoms with Crippen LogP contribution in [0.1, 0.15) is 5.56 Å². The van der Waals surface area contributed by atoms with E-state index in [0.717, 1.165) is 5.56 Å². The standard InChI is InChI=1S/C11H10BrFN4/c1-6-2-7(12)8(13)3-9(6)17-11-5-15-10(14)4-16-11/h2-5H,1H3,(H2,14,15)(H,16,17). The van der Waals surface area contributed by atoms with E-state index in [-0.39, 0.29) is 5.82 Å². The molecule has 0 spiro atoms. The van der Waals surface area contributed by atoms with E-state index in [0.29, 0.717) is 21.8 Å². The van der Waals surface area contributed by atoms with Gasteiger partial charge in [-0.15, -0.1) is 0 Å². The lowest BCUT2D eigenvalue weighted by atomic mass is 10.2. The van der Waals surface area contributed by atoms with Gasteiger partial charge in [0.15, 0.2) is 0 Å². The van der Waals surface area contributed by atoms with Gasteiger partial charge in [0.2, 0.25) is 0 Å². The van der Waals surface area contributed by atoms with Crippen molar-refractivity contribution in [2.24, 2.45) is 0 Å². The molecular formula is C11H10BrFN4. The maximum atomic E-state index is 13.4. The molecule has 2 rings (SSSR count). The number of anilines is 3. The van der Waals surface area contributed by atoms with Gasteiger partial charge in [0.05, 0.1) is 16.9 Å². The quantitative estimate of drug-likeness (QED) is 0.894. The number of nitrogens with two attached hydrogens (primary N) is 1. The molecule has 4 nitrogen and oxygen atoms in total. The van der Waals surface area contributed by atoms with Crippen molar-refractivity contribution >= 4 is 33.3 Å². The molecule has 88 valence electrons. The Labute approximate surface area is 106 Å². The van der Waals surface area contributed by atoms with Gasteiger partial charge >= 0.3 is 0 Å². The number of rotatable bonds is 2. The molecule has 0 amide bonds. The van der Waals surface area contributed by atoms with Gasteiger partial charge in [-0.2, -0.15) is 0 Å². The molecule has 1 aromatic carbocycles. The second-order valence-electron chi connectivity index (χ2n) is 3.53. The van der Waals surface area contributed by atoms with Gasteiger partial charge in [0.25, 0.3) is 0 Å². The number of aromatic nitrogens is 2. The molecular weight excluding hydrogens is 287 g/mol. The van der Waals surface area contributed by atoms with Gasteiger partial charge < -0.3 is 11.1 Å². The first kappa shape index (κ1) is 11.8. The number of nitrogens with zero attached hydrogens (tertiary/aromatic N) is 2. The van der Waals surface area contributed by atoms with Crippen molar-refractivity contribution in [3.63, 3.8) is 0 Å². The Bertz CT molecular complexity index is 542. The normalized spacial score (nSPS) is 10.3. The zero-order valence-electron chi connectivity index (χ0n) is 9.04. The van der Waals surface area contributed by atoms with Crippen molar-refractivity contribution in [2.45, 2.75) is 6.92 Å². The van der Waals surface area contributed by atoms with Crippen molar-refractivity contribution < 1.29 is 4.39 Å². The molecule has 2 aromatic rings. The highest BCUT2D eigenvalue weighted by atomic mass is 79.9. The summed E-state index contributed by atoms with van der Waals surface area (Å²) in [6.07, 6.45) is 2.93. The van der Waals surface area contributed by atoms with Crippen molar-refractivity contribution in [1.82, 2.24) is 9.97 Å². The molecule has 3 N–H and O–H groups in total. The van der Waals surface area contributed by atoms with Crippen LogP contribution in [0.15, 0.2) is 29.0 Å². The van der Waals surface area contributed by atoms with E-state index in [2.05, 4.69) is 31.2 Å². The molecule has 0 aliphatic heterocycles. The summed E-state index contributed by atoms with van der Waals surface area (Å²) in [7, 11) is 0. The molecule has 0 saturated carbocycles. The number of nitrogens with one attached hydrogen (secondary N) is 1. The highest BCUT2D eigenvalue weighted by Crippen LogP contribution is 2.25. The Balaban J connectivity index is 2.30. The minimum Gasteiger partial charge on any atom is -0.382 e. The van der Waals surface area contributed by atoms with E-state index in [9.17, 15) is 4.39 Å². The smallest absolute Gasteiger partial charge is 0.149 e. The third-order valence-electron chi connectivity index (χ3n) is 2.20. The molecule has 0 radical (unpaired) electrons. The summed E-state index contributed by atoms with van der Waals surface area (Å²) in [5, 5.41) is 2.98. The summed E-state index contributed by atoms with van der Waals surface area (Å²) in [5.41, 5.74) is 6.97. The molecule has 1 heterocycles. The highest BCUT2D eigenvalue weighted by Gasteiger charge is 2.06. The maximum Gasteiger partial charge on any atom is 0.149 e. The summed E-state index contributed by atoms with van der Waals surface area (Å²) in [5.74, 6) is 0.528. The molecule has 0 bridgehead atoms. The van der Waals surface area contributed by atoms with Gasteiger partial charge in [-0.1, -0.05) is 0 Å². The molecule has 0 saturated heterocycles. The van der Waals surface area contributed by atoms with Crippen LogP contribution in [0.5, 0.6) is 0 Å². The second kappa shape index (κ2) is 4.67. The minimum atomic E-state index is -0.332. The number of hydrogen-bond acceptors (Lipinski definition) is 4. The van der Waals surface area contributed by atoms with Crippen LogP contribution in [0, 0.1) is 12.7 Å². The number of benzene rings is 1. The summed E-state index contributed by atoms with van der Waals surface area (Å²) in [6, 6.07) is 3.10. The van der Waals surface area contributed by atoms with E-state index < -0.39 is 0 Å². The van der Waals surface area contributed by atoms with Crippen LogP contribution in [0.25, 0.3) is 0 Å². The second-order valence-corrected chi connectivity index (χ2v) is 4.39. The van der Waals surface area contributed by atoms with E-state index in [4.69, 9.17) is 5.73 Å². The Morgan fingerprint density at radius 1 is 1.29 bits per heavy atom. The topological polar surface area (TPSA) is 63.8 Å². The molecule has 0 fully saturated rings. The van der Waals surface area contributed by atoms with Crippen LogP contribution >= 0.6 is 15.9 Å². The van der Waals surface area contributed by atoms with Gasteiger partial charge in [-0.05, 0) is 40.5 Å². The zero-order valence-corrected chi connectivity index (χ0v) is 10.6. The summed E-state index contributed by atoms with van der Waals surface area (Å²) in [6.45, 7) is 1.87. The third-order valence-corrected chi connectivity index (χ3v) is 2.81. The molecule has 0 atom stereocenters. The average Bonchev–Trinajstić information content (AvgIpc) is 2.29. The van der Waals surface area contributed by atoms with Crippen molar-refractivity contribution in [3.8, 4) is 0 Å². The van der Waals surface area contributed by atoms with Crippen LogP contribution in [0.4, 0.5) is 21.7 Å². The fourth-order valence-corrected chi connectivity index (χ4v) is 1.78. The maximum absolute atomic E-state index is 13.4. The SMILES string of the molecule is Cc1cc(Br)c(F)cc1Nc1cnc(N)cn1. The first-order valence-electron chi connectivity index (χ1n) is 4.86. The van der Waals surface area contributed by atoms with Gasteiger partial charge in [-0.3, -0.25) is 0 Å². The van der Waals surface area contributed by atoms with Crippen molar-refractivity contribution in [3.05, 3.63) is 40.4 Å². The fraction of sp³-hybridized carbons (Fsp3) is 0.0909. The summed E-state index contributed by atoms with van der Waals surface area (Å²) in [4.78, 5) is 7.93. The van der Waals surface area contributed by atoms with Crippen LogP contribution in [0.2, 0.25) is 0 Å². The van der Waals surface area contributed by atoms with E-state index in [1.165, 1.54) is 18.5 Å². The van der Waals surface area contributed by atoms with E-state index >= 15 is 0 Å². The first-order valence-corrected chi connectivity index (χ1v) is 5.66. The molecule has 1 aromatic heterocycles. The molecule has 0 aliphatic rings. The fourth-order valence-electron chi connectivity index (χ4n) is 1.32. The van der Waals surface area contributed by atoms with Crippen LogP contribution in [-0.4, -0.2) is 9.97 Å². The van der Waals surface area contributed by atoms with E-state index in [1.54, 1.807) is 6.07 Å². The van der Waals surface area contributed by atoms with Crippen LogP contribution in [-0.2, 0) is 0 Å². The largest absolute Gasteiger partial charge is 0.382 e.